The summed E-state index contributed by atoms with van der Waals surface area (Å²) in [5.41, 5.74) is 16.1. The second-order valence-corrected chi connectivity index (χ2v) is 20.2. The van der Waals surface area contributed by atoms with E-state index < -0.39 is 0 Å². The summed E-state index contributed by atoms with van der Waals surface area (Å²) in [7, 11) is 0. The summed E-state index contributed by atoms with van der Waals surface area (Å²) in [4.78, 5) is 10.3. The van der Waals surface area contributed by atoms with E-state index in [4.69, 9.17) is 8.83 Å². The maximum atomic E-state index is 6.45. The van der Waals surface area contributed by atoms with Crippen LogP contribution in [0.2, 0.25) is 0 Å². The highest BCUT2D eigenvalue weighted by atomic mass is 79.9. The Morgan fingerprint density at radius 3 is 1.64 bits per heavy atom. The van der Waals surface area contributed by atoms with Crippen LogP contribution in [0.1, 0.15) is 23.5 Å². The van der Waals surface area contributed by atoms with Crippen LogP contribution in [0.25, 0.3) is 71.7 Å². The van der Waals surface area contributed by atoms with E-state index in [-0.39, 0.29) is 5.92 Å². The SMILES string of the molecule is Brc1cc2c3c(c1)Sc1cc(-c4ccc(-c5cccc6c5oc5ccccc56)cc4)cc4c1N3c1c(cc(C3=CCC(c5cccc6c5oc5ccccc56)C=C3)cc1S4)S2. The van der Waals surface area contributed by atoms with Gasteiger partial charge in [-0.25, -0.2) is 0 Å². The van der Waals surface area contributed by atoms with Crippen LogP contribution in [-0.4, -0.2) is 0 Å². The third kappa shape index (κ3) is 5.21. The van der Waals surface area contributed by atoms with Crippen molar-refractivity contribution in [1.29, 1.82) is 0 Å². The molecule has 0 amide bonds. The second-order valence-electron chi connectivity index (χ2n) is 16.1. The van der Waals surface area contributed by atoms with Gasteiger partial charge in [-0.3, -0.25) is 0 Å². The van der Waals surface area contributed by atoms with Crippen molar-refractivity contribution in [2.75, 3.05) is 4.90 Å². The van der Waals surface area contributed by atoms with E-state index in [9.17, 15) is 0 Å². The Kier molecular flexibility index (Phi) is 7.47. The molecule has 0 bridgehead atoms. The summed E-state index contributed by atoms with van der Waals surface area (Å²) in [6, 6.07) is 52.9. The average molecular weight is 901 g/mol. The lowest BCUT2D eigenvalue weighted by Crippen LogP contribution is -2.23. The second kappa shape index (κ2) is 13.1. The molecule has 7 heteroatoms. The molecule has 3 nitrogen and oxygen atoms in total. The van der Waals surface area contributed by atoms with E-state index in [1.807, 2.05) is 53.5 Å². The fourth-order valence-electron chi connectivity index (χ4n) is 9.81. The molecule has 8 aromatic carbocycles. The summed E-state index contributed by atoms with van der Waals surface area (Å²) >= 11 is 9.57. The van der Waals surface area contributed by atoms with E-state index in [1.54, 1.807) is 0 Å². The molecule has 0 fully saturated rings. The molecule has 1 unspecified atom stereocenters. The highest BCUT2D eigenvalue weighted by molar-refractivity contribution is 9.10. The molecule has 0 radical (unpaired) electrons. The molecule has 4 aliphatic rings. The molecule has 3 aliphatic heterocycles. The van der Waals surface area contributed by atoms with Crippen molar-refractivity contribution in [3.05, 3.63) is 179 Å². The number of fused-ring (bicyclic) bond motifs is 6. The summed E-state index contributed by atoms with van der Waals surface area (Å²) in [6.45, 7) is 0. The van der Waals surface area contributed by atoms with Crippen LogP contribution in [0, 0.1) is 0 Å². The van der Waals surface area contributed by atoms with Gasteiger partial charge in [0.1, 0.15) is 22.3 Å². The fraction of sp³-hybridized carbons (Fsp3) is 0.0370. The predicted molar refractivity (Wildman–Crippen MR) is 258 cm³/mol. The number of allylic oxidation sites excluding steroid dienone is 4. The number of anilines is 3. The Labute approximate surface area is 372 Å². The number of para-hydroxylation sites is 4. The van der Waals surface area contributed by atoms with Crippen LogP contribution in [0.4, 0.5) is 17.1 Å². The van der Waals surface area contributed by atoms with Crippen LogP contribution < -0.4 is 4.90 Å². The standard InChI is InChI=1S/C54H30BrNO2S3/c55-35-27-48-52-49(28-35)61-47-26-34(30-17-21-32(22-18-30)37-10-6-12-41-39-8-2-4-14-43(39)58-54(37)41)24-45-51(47)56(52)50-44(59-45)23-33(25-46(50)60-48)29-15-19-31(20-16-29)36-9-5-11-40-38-7-1-3-13-42(38)57-53(36)40/h1-21,23-28,32H,22H2. The van der Waals surface area contributed by atoms with Gasteiger partial charge in [0.05, 0.1) is 17.1 Å². The fourth-order valence-corrected chi connectivity index (χ4v) is 14.4. The predicted octanol–water partition coefficient (Wildman–Crippen LogP) is 17.6. The summed E-state index contributed by atoms with van der Waals surface area (Å²) in [5.74, 6) is 0.248. The number of furan rings is 2. The summed E-state index contributed by atoms with van der Waals surface area (Å²) in [6.07, 6.45) is 8.04. The van der Waals surface area contributed by atoms with Gasteiger partial charge in [0.15, 0.2) is 0 Å². The van der Waals surface area contributed by atoms with E-state index >= 15 is 0 Å². The van der Waals surface area contributed by atoms with E-state index in [1.165, 1.54) is 85.0 Å². The van der Waals surface area contributed by atoms with Crippen molar-refractivity contribution in [2.24, 2.45) is 0 Å². The van der Waals surface area contributed by atoms with Gasteiger partial charge in [-0.2, -0.15) is 0 Å². The highest BCUT2D eigenvalue weighted by Gasteiger charge is 2.40. The third-order valence-electron chi connectivity index (χ3n) is 12.6. The number of halogens is 1. The van der Waals surface area contributed by atoms with Crippen molar-refractivity contribution in [2.45, 2.75) is 41.7 Å². The molecule has 0 saturated carbocycles. The van der Waals surface area contributed by atoms with Gasteiger partial charge in [0.2, 0.25) is 0 Å². The topological polar surface area (TPSA) is 29.5 Å². The Hall–Kier alpha value is -5.83. The van der Waals surface area contributed by atoms with Crippen LogP contribution in [0.15, 0.2) is 207 Å². The average Bonchev–Trinajstić information content (AvgIpc) is 3.87. The first-order valence-electron chi connectivity index (χ1n) is 20.4. The van der Waals surface area contributed by atoms with Crippen LogP contribution in [0.5, 0.6) is 0 Å². The first-order valence-corrected chi connectivity index (χ1v) is 23.7. The molecular formula is C54H30BrNO2S3. The van der Waals surface area contributed by atoms with E-state index in [2.05, 4.69) is 166 Å². The molecule has 61 heavy (non-hydrogen) atoms. The molecule has 1 aliphatic carbocycles. The third-order valence-corrected chi connectivity index (χ3v) is 16.3. The summed E-state index contributed by atoms with van der Waals surface area (Å²) < 4.78 is 14.0. The van der Waals surface area contributed by atoms with E-state index in [0.29, 0.717) is 0 Å². The molecule has 5 heterocycles. The van der Waals surface area contributed by atoms with Gasteiger partial charge in [0.25, 0.3) is 0 Å². The van der Waals surface area contributed by atoms with Gasteiger partial charge in [-0.05, 0) is 82.8 Å². The van der Waals surface area contributed by atoms with Crippen LogP contribution >= 0.6 is 51.2 Å². The van der Waals surface area contributed by atoms with Gasteiger partial charge >= 0.3 is 0 Å². The highest BCUT2D eigenvalue weighted by Crippen LogP contribution is 2.67. The first kappa shape index (κ1) is 34.8. The lowest BCUT2D eigenvalue weighted by atomic mass is 9.87. The minimum absolute atomic E-state index is 0.248. The summed E-state index contributed by atoms with van der Waals surface area (Å²) in [5, 5.41) is 4.66. The van der Waals surface area contributed by atoms with Crippen molar-refractivity contribution < 1.29 is 8.83 Å². The Bertz CT molecular complexity index is 3630. The smallest absolute Gasteiger partial charge is 0.143 e. The molecule has 0 saturated heterocycles. The Morgan fingerprint density at radius 1 is 0.492 bits per heavy atom. The molecule has 2 aromatic heterocycles. The monoisotopic (exact) mass is 899 g/mol. The maximum absolute atomic E-state index is 6.45. The Balaban J connectivity index is 0.841. The van der Waals surface area contributed by atoms with Crippen molar-refractivity contribution >= 4 is 118 Å². The minimum Gasteiger partial charge on any atom is -0.456 e. The molecule has 10 aromatic rings. The zero-order valence-corrected chi connectivity index (χ0v) is 36.3. The number of nitrogens with zero attached hydrogens (tertiary/aromatic N) is 1. The van der Waals surface area contributed by atoms with Crippen molar-refractivity contribution in [1.82, 2.24) is 0 Å². The molecule has 14 rings (SSSR count). The molecular weight excluding hydrogens is 871 g/mol. The Morgan fingerprint density at radius 2 is 1.02 bits per heavy atom. The number of rotatable bonds is 4. The zero-order chi connectivity index (χ0) is 39.9. The van der Waals surface area contributed by atoms with Crippen LogP contribution in [0.3, 0.4) is 0 Å². The van der Waals surface area contributed by atoms with Crippen molar-refractivity contribution in [3.63, 3.8) is 0 Å². The minimum atomic E-state index is 0.248. The van der Waals surface area contributed by atoms with Crippen LogP contribution in [-0.2, 0) is 0 Å². The molecule has 1 atom stereocenters. The quantitative estimate of drug-likeness (QED) is 0.175. The number of benzene rings is 8. The zero-order valence-electron chi connectivity index (χ0n) is 32.2. The normalized spacial score (nSPS) is 15.9. The molecule has 0 N–H and O–H groups in total. The van der Waals surface area contributed by atoms with Gasteiger partial charge < -0.3 is 13.7 Å². The largest absolute Gasteiger partial charge is 0.456 e. The van der Waals surface area contributed by atoms with Gasteiger partial charge in [0, 0.05) is 72.4 Å². The van der Waals surface area contributed by atoms with Crippen molar-refractivity contribution in [3.8, 4) is 22.3 Å². The number of hydrogen-bond donors (Lipinski definition) is 0. The maximum Gasteiger partial charge on any atom is 0.143 e. The first-order chi connectivity index (χ1) is 30.1. The van der Waals surface area contributed by atoms with Gasteiger partial charge in [-0.15, -0.1) is 0 Å². The molecule has 0 spiro atoms. The molecule has 288 valence electrons. The van der Waals surface area contributed by atoms with E-state index in [0.717, 1.165) is 55.1 Å². The lowest BCUT2D eigenvalue weighted by molar-refractivity contribution is 0.657. The number of hydrogen-bond acceptors (Lipinski definition) is 6. The lowest BCUT2D eigenvalue weighted by Gasteiger charge is -2.43. The van der Waals surface area contributed by atoms with Gasteiger partial charge in [-0.1, -0.05) is 167 Å².